The van der Waals surface area contributed by atoms with Crippen LogP contribution in [0.4, 0.5) is 11.6 Å². The van der Waals surface area contributed by atoms with E-state index in [4.69, 9.17) is 17.3 Å². The highest BCUT2D eigenvalue weighted by atomic mass is 35.5. The molecule has 0 bridgehead atoms. The predicted molar refractivity (Wildman–Crippen MR) is 107 cm³/mol. The maximum atomic E-state index is 12.6. The number of rotatable bonds is 9. The Hall–Kier alpha value is -2.48. The minimum atomic E-state index is -0.497. The number of halogens is 1. The summed E-state index contributed by atoms with van der Waals surface area (Å²) in [5.74, 6) is 0.396. The number of carbonyl (C=O) groups is 1. The summed E-state index contributed by atoms with van der Waals surface area (Å²) in [6, 6.07) is 1.88. The highest BCUT2D eigenvalue weighted by molar-refractivity contribution is 6.28. The van der Waals surface area contributed by atoms with E-state index in [1.807, 2.05) is 19.9 Å². The van der Waals surface area contributed by atoms with E-state index in [2.05, 4.69) is 37.5 Å². The van der Waals surface area contributed by atoms with Crippen molar-refractivity contribution in [3.63, 3.8) is 0 Å². The summed E-state index contributed by atoms with van der Waals surface area (Å²) >= 11 is 6.02. The monoisotopic (exact) mass is 391 g/mol. The SMILES string of the molecule is CCCc1cc(NCC(CC)(CC)NC(=O)c2nccnc2N)nc(Cl)n1. The van der Waals surface area contributed by atoms with Crippen LogP contribution in [-0.2, 0) is 6.42 Å². The molecular formula is C18H26ClN7O. The molecule has 8 nitrogen and oxygen atoms in total. The van der Waals surface area contributed by atoms with Gasteiger partial charge >= 0.3 is 0 Å². The Labute approximate surface area is 164 Å². The van der Waals surface area contributed by atoms with Crippen LogP contribution >= 0.6 is 11.6 Å². The summed E-state index contributed by atoms with van der Waals surface area (Å²) in [6.45, 7) is 6.59. The second-order valence-corrected chi connectivity index (χ2v) is 6.69. The fourth-order valence-electron chi connectivity index (χ4n) is 2.74. The molecule has 2 aromatic heterocycles. The molecule has 0 unspecified atom stereocenters. The molecule has 4 N–H and O–H groups in total. The van der Waals surface area contributed by atoms with Crippen molar-refractivity contribution in [3.8, 4) is 0 Å². The summed E-state index contributed by atoms with van der Waals surface area (Å²) < 4.78 is 0. The smallest absolute Gasteiger partial charge is 0.274 e. The van der Waals surface area contributed by atoms with Gasteiger partial charge in [-0.2, -0.15) is 0 Å². The molecule has 0 fully saturated rings. The van der Waals surface area contributed by atoms with E-state index >= 15 is 0 Å². The average molecular weight is 392 g/mol. The van der Waals surface area contributed by atoms with E-state index in [1.54, 1.807) is 0 Å². The lowest BCUT2D eigenvalue weighted by atomic mass is 9.92. The predicted octanol–water partition coefficient (Wildman–Crippen LogP) is 2.86. The third kappa shape index (κ3) is 5.50. The zero-order chi connectivity index (χ0) is 19.9. The molecule has 0 saturated heterocycles. The van der Waals surface area contributed by atoms with Gasteiger partial charge in [0.1, 0.15) is 5.82 Å². The fraction of sp³-hybridized carbons (Fsp3) is 0.500. The number of anilines is 2. The quantitative estimate of drug-likeness (QED) is 0.562. The third-order valence-electron chi connectivity index (χ3n) is 4.54. The summed E-state index contributed by atoms with van der Waals surface area (Å²) in [7, 11) is 0. The second-order valence-electron chi connectivity index (χ2n) is 6.35. The van der Waals surface area contributed by atoms with Crippen LogP contribution in [0.2, 0.25) is 5.28 Å². The van der Waals surface area contributed by atoms with Crippen molar-refractivity contribution >= 4 is 29.1 Å². The van der Waals surface area contributed by atoms with Gasteiger partial charge in [-0.3, -0.25) is 4.79 Å². The largest absolute Gasteiger partial charge is 0.382 e. The molecule has 0 aliphatic heterocycles. The maximum Gasteiger partial charge on any atom is 0.274 e. The Morgan fingerprint density at radius 2 is 1.89 bits per heavy atom. The Balaban J connectivity index is 2.14. The highest BCUT2D eigenvalue weighted by Gasteiger charge is 2.30. The van der Waals surface area contributed by atoms with E-state index in [-0.39, 0.29) is 22.7 Å². The van der Waals surface area contributed by atoms with Crippen LogP contribution in [0.1, 0.15) is 56.2 Å². The van der Waals surface area contributed by atoms with Crippen LogP contribution in [0.5, 0.6) is 0 Å². The van der Waals surface area contributed by atoms with E-state index in [1.165, 1.54) is 12.4 Å². The van der Waals surface area contributed by atoms with Gasteiger partial charge in [0.15, 0.2) is 11.5 Å². The molecule has 0 atom stereocenters. The van der Waals surface area contributed by atoms with E-state index in [0.29, 0.717) is 25.2 Å². The van der Waals surface area contributed by atoms with Crippen molar-refractivity contribution in [3.05, 3.63) is 35.1 Å². The molecule has 2 heterocycles. The molecule has 0 aliphatic rings. The van der Waals surface area contributed by atoms with Gasteiger partial charge in [-0.25, -0.2) is 19.9 Å². The van der Waals surface area contributed by atoms with Crippen molar-refractivity contribution in [2.75, 3.05) is 17.6 Å². The van der Waals surface area contributed by atoms with E-state index in [9.17, 15) is 4.79 Å². The van der Waals surface area contributed by atoms with Gasteiger partial charge in [0.25, 0.3) is 5.91 Å². The van der Waals surface area contributed by atoms with Gasteiger partial charge in [0, 0.05) is 30.7 Å². The lowest BCUT2D eigenvalue weighted by molar-refractivity contribution is 0.0893. The Kier molecular flexibility index (Phi) is 7.29. The Morgan fingerprint density at radius 1 is 1.19 bits per heavy atom. The van der Waals surface area contributed by atoms with Crippen LogP contribution < -0.4 is 16.4 Å². The lowest BCUT2D eigenvalue weighted by Crippen LogP contribution is -2.52. The lowest BCUT2D eigenvalue weighted by Gasteiger charge is -2.33. The summed E-state index contributed by atoms with van der Waals surface area (Å²) in [6.07, 6.45) is 6.11. The Bertz CT molecular complexity index is 780. The molecule has 2 aromatic rings. The molecule has 9 heteroatoms. The molecule has 2 rings (SSSR count). The first-order valence-corrected chi connectivity index (χ1v) is 9.47. The van der Waals surface area contributed by atoms with Gasteiger partial charge in [0.2, 0.25) is 5.28 Å². The molecule has 146 valence electrons. The molecule has 0 radical (unpaired) electrons. The van der Waals surface area contributed by atoms with Crippen LogP contribution in [0.3, 0.4) is 0 Å². The van der Waals surface area contributed by atoms with Crippen LogP contribution in [0.25, 0.3) is 0 Å². The van der Waals surface area contributed by atoms with Gasteiger partial charge in [-0.05, 0) is 30.9 Å². The van der Waals surface area contributed by atoms with Gasteiger partial charge in [-0.1, -0.05) is 27.2 Å². The third-order valence-corrected chi connectivity index (χ3v) is 4.71. The molecule has 0 aliphatic carbocycles. The summed E-state index contributed by atoms with van der Waals surface area (Å²) in [5, 5.41) is 6.54. The molecule has 0 saturated carbocycles. The van der Waals surface area contributed by atoms with Crippen molar-refractivity contribution < 1.29 is 4.79 Å². The Morgan fingerprint density at radius 3 is 2.52 bits per heavy atom. The van der Waals surface area contributed by atoms with Gasteiger partial charge in [0.05, 0.1) is 5.54 Å². The standard InChI is InChI=1S/C18H26ClN7O/c1-4-7-12-10-13(25-17(19)24-12)23-11-18(5-2,6-3)26-16(27)14-15(20)22-9-8-21-14/h8-10H,4-7,11H2,1-3H3,(H2,20,22)(H,26,27)(H,23,24,25). The number of amides is 1. The zero-order valence-electron chi connectivity index (χ0n) is 15.9. The van der Waals surface area contributed by atoms with Crippen molar-refractivity contribution in [2.45, 2.75) is 52.0 Å². The van der Waals surface area contributed by atoms with Gasteiger partial charge in [-0.15, -0.1) is 0 Å². The highest BCUT2D eigenvalue weighted by Crippen LogP contribution is 2.19. The average Bonchev–Trinajstić information content (AvgIpc) is 2.65. The van der Waals surface area contributed by atoms with Crippen molar-refractivity contribution in [1.29, 1.82) is 0 Å². The molecule has 27 heavy (non-hydrogen) atoms. The maximum absolute atomic E-state index is 12.6. The first-order chi connectivity index (χ1) is 12.9. The van der Waals surface area contributed by atoms with E-state index < -0.39 is 5.54 Å². The summed E-state index contributed by atoms with van der Waals surface area (Å²) in [4.78, 5) is 29.0. The zero-order valence-corrected chi connectivity index (χ0v) is 16.7. The molecule has 1 amide bonds. The van der Waals surface area contributed by atoms with Crippen LogP contribution in [0.15, 0.2) is 18.5 Å². The minimum Gasteiger partial charge on any atom is -0.382 e. The number of hydrogen-bond donors (Lipinski definition) is 3. The number of aryl methyl sites for hydroxylation is 1. The minimum absolute atomic E-state index is 0.107. The number of nitrogens with one attached hydrogen (secondary N) is 2. The number of aromatic nitrogens is 4. The van der Waals surface area contributed by atoms with Crippen molar-refractivity contribution in [2.24, 2.45) is 0 Å². The van der Waals surface area contributed by atoms with Crippen molar-refractivity contribution in [1.82, 2.24) is 25.3 Å². The number of hydrogen-bond acceptors (Lipinski definition) is 7. The molecule has 0 aromatic carbocycles. The molecular weight excluding hydrogens is 366 g/mol. The normalized spacial score (nSPS) is 11.3. The summed E-state index contributed by atoms with van der Waals surface area (Å²) in [5.41, 5.74) is 6.28. The topological polar surface area (TPSA) is 119 Å². The van der Waals surface area contributed by atoms with Crippen LogP contribution in [0, 0.1) is 0 Å². The first kappa shape index (κ1) is 20.8. The van der Waals surface area contributed by atoms with Crippen LogP contribution in [-0.4, -0.2) is 37.9 Å². The fourth-order valence-corrected chi connectivity index (χ4v) is 2.94. The number of nitrogens with zero attached hydrogens (tertiary/aromatic N) is 4. The van der Waals surface area contributed by atoms with E-state index in [0.717, 1.165) is 18.5 Å². The van der Waals surface area contributed by atoms with Gasteiger partial charge < -0.3 is 16.4 Å². The molecule has 0 spiro atoms. The number of nitrogen functional groups attached to an aromatic ring is 1. The number of carbonyl (C=O) groups excluding carboxylic acids is 1. The first-order valence-electron chi connectivity index (χ1n) is 9.09. The second kappa shape index (κ2) is 9.45. The number of nitrogens with two attached hydrogens (primary N) is 1.